The van der Waals surface area contributed by atoms with E-state index in [-0.39, 0.29) is 18.0 Å². The van der Waals surface area contributed by atoms with E-state index >= 15 is 0 Å². The highest BCUT2D eigenvalue weighted by Gasteiger charge is 2.19. The molecule has 1 atom stereocenters. The number of hydrogen-bond acceptors (Lipinski definition) is 5. The highest BCUT2D eigenvalue weighted by atomic mass is 19.1. The third-order valence-electron chi connectivity index (χ3n) is 4.32. The summed E-state index contributed by atoms with van der Waals surface area (Å²) in [6.45, 7) is 0. The highest BCUT2D eigenvalue weighted by molar-refractivity contribution is 5.91. The maximum absolute atomic E-state index is 13.6. The summed E-state index contributed by atoms with van der Waals surface area (Å²) in [5.74, 6) is -1.39. The number of carboxylic acids is 1. The number of benzene rings is 2. The van der Waals surface area contributed by atoms with Crippen molar-refractivity contribution in [3.05, 3.63) is 72.2 Å². The number of carbonyl (C=O) groups is 2. The Hall–Kier alpha value is -3.68. The molecule has 7 nitrogen and oxygen atoms in total. The van der Waals surface area contributed by atoms with Gasteiger partial charge in [-0.15, -0.1) is 0 Å². The first-order valence-electron chi connectivity index (χ1n) is 8.80. The number of nitrogens with zero attached hydrogens (tertiary/aromatic N) is 1. The van der Waals surface area contributed by atoms with Gasteiger partial charge < -0.3 is 19.6 Å². The standard InChI is InChI=1S/C21H19FN2O5/c1-28-18-7-6-15(22)9-17(18)14-4-2-13(3-5-14)8-16(10-20(25)26)24-21(27)19-11-23-12-29-19/h2-7,9,11-12,16H,8,10H2,1H3,(H,24,27)(H,25,26)/t16-/m1/s1. The smallest absolute Gasteiger partial charge is 0.305 e. The number of methoxy groups -OCH3 is 1. The Morgan fingerprint density at radius 1 is 1.24 bits per heavy atom. The van der Waals surface area contributed by atoms with Crippen molar-refractivity contribution in [3.63, 3.8) is 0 Å². The summed E-state index contributed by atoms with van der Waals surface area (Å²) in [5.41, 5.74) is 2.18. The van der Waals surface area contributed by atoms with Crippen LogP contribution in [0, 0.1) is 5.82 Å². The zero-order chi connectivity index (χ0) is 20.8. The monoisotopic (exact) mass is 398 g/mol. The second-order valence-corrected chi connectivity index (χ2v) is 6.38. The van der Waals surface area contributed by atoms with Gasteiger partial charge in [0, 0.05) is 11.6 Å². The molecular weight excluding hydrogens is 379 g/mol. The van der Waals surface area contributed by atoms with Gasteiger partial charge in [-0.3, -0.25) is 9.59 Å². The molecule has 1 amide bonds. The number of halogens is 1. The minimum absolute atomic E-state index is 0.00827. The first-order valence-corrected chi connectivity index (χ1v) is 8.80. The van der Waals surface area contributed by atoms with E-state index in [1.807, 2.05) is 0 Å². The number of oxazole rings is 1. The van der Waals surface area contributed by atoms with Gasteiger partial charge in [0.2, 0.25) is 5.76 Å². The molecule has 0 radical (unpaired) electrons. The molecule has 29 heavy (non-hydrogen) atoms. The second-order valence-electron chi connectivity index (χ2n) is 6.38. The second kappa shape index (κ2) is 9.01. The Labute approximate surface area is 166 Å². The fourth-order valence-electron chi connectivity index (χ4n) is 2.98. The first kappa shape index (κ1) is 20.1. The summed E-state index contributed by atoms with van der Waals surface area (Å²) < 4.78 is 23.8. The molecular formula is C21H19FN2O5. The number of carbonyl (C=O) groups excluding carboxylic acids is 1. The van der Waals surface area contributed by atoms with Crippen LogP contribution in [0.3, 0.4) is 0 Å². The van der Waals surface area contributed by atoms with Gasteiger partial charge in [0.05, 0.1) is 19.7 Å². The molecule has 0 aliphatic heterocycles. The number of nitrogens with one attached hydrogen (secondary N) is 1. The molecule has 0 bridgehead atoms. The van der Waals surface area contributed by atoms with E-state index in [0.717, 1.165) is 17.5 Å². The average Bonchev–Trinajstić information content (AvgIpc) is 3.23. The maximum atomic E-state index is 13.6. The fourth-order valence-corrected chi connectivity index (χ4v) is 2.98. The van der Waals surface area contributed by atoms with E-state index in [4.69, 9.17) is 14.3 Å². The van der Waals surface area contributed by atoms with Crippen molar-refractivity contribution < 1.29 is 28.2 Å². The highest BCUT2D eigenvalue weighted by Crippen LogP contribution is 2.30. The van der Waals surface area contributed by atoms with Crippen LogP contribution in [0.25, 0.3) is 11.1 Å². The van der Waals surface area contributed by atoms with Gasteiger partial charge in [-0.2, -0.15) is 0 Å². The molecule has 1 aromatic heterocycles. The zero-order valence-electron chi connectivity index (χ0n) is 15.6. The Kier molecular flexibility index (Phi) is 6.23. The molecule has 0 spiro atoms. The number of hydrogen-bond donors (Lipinski definition) is 2. The Bertz CT molecular complexity index is 987. The predicted octanol–water partition coefficient (Wildman–Crippen LogP) is 3.31. The van der Waals surface area contributed by atoms with Crippen molar-refractivity contribution in [3.8, 4) is 16.9 Å². The van der Waals surface area contributed by atoms with E-state index in [0.29, 0.717) is 17.7 Å². The molecule has 8 heteroatoms. The van der Waals surface area contributed by atoms with Gasteiger partial charge >= 0.3 is 5.97 Å². The molecule has 0 fully saturated rings. The minimum Gasteiger partial charge on any atom is -0.496 e. The molecule has 0 unspecified atom stereocenters. The van der Waals surface area contributed by atoms with Gasteiger partial charge in [-0.25, -0.2) is 9.37 Å². The van der Waals surface area contributed by atoms with E-state index in [2.05, 4.69) is 10.3 Å². The van der Waals surface area contributed by atoms with Crippen LogP contribution in [0.2, 0.25) is 0 Å². The van der Waals surface area contributed by atoms with Crippen LogP contribution in [0.5, 0.6) is 5.75 Å². The van der Waals surface area contributed by atoms with Crippen molar-refractivity contribution in [2.75, 3.05) is 7.11 Å². The number of aromatic nitrogens is 1. The lowest BCUT2D eigenvalue weighted by Gasteiger charge is -2.17. The molecule has 0 saturated carbocycles. The molecule has 2 aromatic carbocycles. The SMILES string of the molecule is COc1ccc(F)cc1-c1ccc(C[C@H](CC(=O)O)NC(=O)c2cnco2)cc1. The summed E-state index contributed by atoms with van der Waals surface area (Å²) in [7, 11) is 1.51. The van der Waals surface area contributed by atoms with E-state index in [1.165, 1.54) is 25.4 Å². The number of aliphatic carboxylic acids is 1. The summed E-state index contributed by atoms with van der Waals surface area (Å²) in [6, 6.07) is 10.8. The number of rotatable bonds is 8. The lowest BCUT2D eigenvalue weighted by Crippen LogP contribution is -2.38. The van der Waals surface area contributed by atoms with Crippen LogP contribution >= 0.6 is 0 Å². The molecule has 2 N–H and O–H groups in total. The van der Waals surface area contributed by atoms with Crippen LogP contribution in [0.1, 0.15) is 22.5 Å². The number of ether oxygens (including phenoxy) is 1. The molecule has 0 aliphatic carbocycles. The molecule has 150 valence electrons. The molecule has 1 heterocycles. The maximum Gasteiger partial charge on any atom is 0.305 e. The van der Waals surface area contributed by atoms with Crippen molar-refractivity contribution in [1.82, 2.24) is 10.3 Å². The third kappa shape index (κ3) is 5.19. The molecule has 3 aromatic rings. The van der Waals surface area contributed by atoms with Gasteiger partial charge in [0.1, 0.15) is 11.6 Å². The fraction of sp³-hybridized carbons (Fsp3) is 0.190. The van der Waals surface area contributed by atoms with Crippen LogP contribution in [0.4, 0.5) is 4.39 Å². The lowest BCUT2D eigenvalue weighted by atomic mass is 9.98. The third-order valence-corrected chi connectivity index (χ3v) is 4.32. The topological polar surface area (TPSA) is 102 Å². The van der Waals surface area contributed by atoms with E-state index in [9.17, 15) is 14.0 Å². The van der Waals surface area contributed by atoms with Crippen LogP contribution in [0.15, 0.2) is 59.5 Å². The van der Waals surface area contributed by atoms with Crippen LogP contribution < -0.4 is 10.1 Å². The van der Waals surface area contributed by atoms with Gasteiger partial charge in [-0.1, -0.05) is 24.3 Å². The van der Waals surface area contributed by atoms with Gasteiger partial charge in [0.25, 0.3) is 5.91 Å². The summed E-state index contributed by atoms with van der Waals surface area (Å²) in [5, 5.41) is 11.8. The summed E-state index contributed by atoms with van der Waals surface area (Å²) >= 11 is 0. The lowest BCUT2D eigenvalue weighted by molar-refractivity contribution is -0.137. The van der Waals surface area contributed by atoms with Gasteiger partial charge in [-0.05, 0) is 35.7 Å². The van der Waals surface area contributed by atoms with Gasteiger partial charge in [0.15, 0.2) is 6.39 Å². The summed E-state index contributed by atoms with van der Waals surface area (Å²) in [4.78, 5) is 27.0. The molecule has 0 aliphatic rings. The Morgan fingerprint density at radius 3 is 2.62 bits per heavy atom. The zero-order valence-corrected chi connectivity index (χ0v) is 15.6. The molecule has 3 rings (SSSR count). The van der Waals surface area contributed by atoms with Crippen molar-refractivity contribution >= 4 is 11.9 Å². The molecule has 0 saturated heterocycles. The first-order chi connectivity index (χ1) is 14.0. The van der Waals surface area contributed by atoms with Crippen LogP contribution in [-0.2, 0) is 11.2 Å². The number of carboxylic acid groups (broad SMARTS) is 1. The van der Waals surface area contributed by atoms with Crippen molar-refractivity contribution in [2.24, 2.45) is 0 Å². The Morgan fingerprint density at radius 2 is 2.00 bits per heavy atom. The Balaban J connectivity index is 1.76. The quantitative estimate of drug-likeness (QED) is 0.604. The average molecular weight is 398 g/mol. The van der Waals surface area contributed by atoms with Crippen molar-refractivity contribution in [2.45, 2.75) is 18.9 Å². The van der Waals surface area contributed by atoms with E-state index < -0.39 is 17.9 Å². The minimum atomic E-state index is -1.03. The van der Waals surface area contributed by atoms with E-state index in [1.54, 1.807) is 30.3 Å². The number of amides is 1. The largest absolute Gasteiger partial charge is 0.496 e. The summed E-state index contributed by atoms with van der Waals surface area (Å²) in [6.07, 6.45) is 2.43. The normalized spacial score (nSPS) is 11.7. The predicted molar refractivity (Wildman–Crippen MR) is 102 cm³/mol. The van der Waals surface area contributed by atoms with Crippen LogP contribution in [-0.4, -0.2) is 35.1 Å². The van der Waals surface area contributed by atoms with Crippen molar-refractivity contribution in [1.29, 1.82) is 0 Å².